The summed E-state index contributed by atoms with van der Waals surface area (Å²) in [4.78, 5) is 5.55. The second-order valence-corrected chi connectivity index (χ2v) is 13.6. The molecule has 2 heteroatoms. The Balaban J connectivity index is 1.30. The van der Waals surface area contributed by atoms with E-state index in [1.54, 1.807) is 0 Å². The zero-order valence-corrected chi connectivity index (χ0v) is 27.7. The Hall–Kier alpha value is -6.77. The molecule has 0 radical (unpaired) electrons. The highest BCUT2D eigenvalue weighted by atomic mass is 15.1. The molecular weight excluding hydrogens is 617 g/mol. The third-order valence-electron chi connectivity index (χ3n) is 10.7. The Kier molecular flexibility index (Phi) is 5.99. The van der Waals surface area contributed by atoms with Gasteiger partial charge in [0.15, 0.2) is 0 Å². The smallest absolute Gasteiger partial charge is 0.138 e. The fourth-order valence-electron chi connectivity index (χ4n) is 8.34. The SMILES string of the molecule is c1ccc2cc(-c3cc(-c4ccc5ccccc5c4)nc(-n4c5ccccc5c5c6c7ccccc7ccc6c6ccccc6c54)c3)ccc2c1. The van der Waals surface area contributed by atoms with Crippen LogP contribution in [-0.2, 0) is 0 Å². The normalized spacial score (nSPS) is 11.9. The van der Waals surface area contributed by atoms with E-state index in [-0.39, 0.29) is 0 Å². The van der Waals surface area contributed by atoms with Gasteiger partial charge in [-0.1, -0.05) is 152 Å². The lowest BCUT2D eigenvalue weighted by molar-refractivity contribution is 1.09. The van der Waals surface area contributed by atoms with Gasteiger partial charge < -0.3 is 0 Å². The average molecular weight is 647 g/mol. The van der Waals surface area contributed by atoms with E-state index in [1.807, 2.05) is 0 Å². The van der Waals surface area contributed by atoms with Crippen molar-refractivity contribution in [3.63, 3.8) is 0 Å². The van der Waals surface area contributed by atoms with E-state index in [0.29, 0.717) is 0 Å². The number of aromatic nitrogens is 2. The van der Waals surface area contributed by atoms with Gasteiger partial charge in [-0.2, -0.15) is 0 Å². The molecule has 0 atom stereocenters. The van der Waals surface area contributed by atoms with Gasteiger partial charge >= 0.3 is 0 Å². The molecule has 0 saturated carbocycles. The highest BCUT2D eigenvalue weighted by Crippen LogP contribution is 2.45. The molecule has 0 aliphatic carbocycles. The number of benzene rings is 9. The molecule has 0 amide bonds. The summed E-state index contributed by atoms with van der Waals surface area (Å²) in [5, 5.41) is 14.9. The maximum Gasteiger partial charge on any atom is 0.138 e. The van der Waals surface area contributed by atoms with E-state index < -0.39 is 0 Å². The predicted octanol–water partition coefficient (Wildman–Crippen LogP) is 13.3. The zero-order chi connectivity index (χ0) is 33.5. The van der Waals surface area contributed by atoms with E-state index in [1.165, 1.54) is 75.7 Å². The van der Waals surface area contributed by atoms with Crippen molar-refractivity contribution in [2.75, 3.05) is 0 Å². The maximum atomic E-state index is 5.55. The number of nitrogens with zero attached hydrogens (tertiary/aromatic N) is 2. The summed E-state index contributed by atoms with van der Waals surface area (Å²) in [7, 11) is 0. The van der Waals surface area contributed by atoms with Crippen LogP contribution in [0, 0.1) is 0 Å². The minimum atomic E-state index is 0.903. The monoisotopic (exact) mass is 646 g/mol. The van der Waals surface area contributed by atoms with Crippen molar-refractivity contribution in [3.05, 3.63) is 182 Å². The summed E-state index contributed by atoms with van der Waals surface area (Å²) in [6.45, 7) is 0. The molecule has 2 aromatic heterocycles. The van der Waals surface area contributed by atoms with Gasteiger partial charge in [0.25, 0.3) is 0 Å². The predicted molar refractivity (Wildman–Crippen MR) is 217 cm³/mol. The lowest BCUT2D eigenvalue weighted by atomic mass is 9.93. The van der Waals surface area contributed by atoms with Crippen molar-refractivity contribution in [1.29, 1.82) is 0 Å². The average Bonchev–Trinajstić information content (AvgIpc) is 3.55. The first-order valence-electron chi connectivity index (χ1n) is 17.5. The highest BCUT2D eigenvalue weighted by molar-refractivity contribution is 6.36. The van der Waals surface area contributed by atoms with Gasteiger partial charge in [-0.15, -0.1) is 0 Å². The molecule has 0 fully saturated rings. The summed E-state index contributed by atoms with van der Waals surface area (Å²) in [5.74, 6) is 0.903. The number of pyridine rings is 1. The Bertz CT molecular complexity index is 3100. The summed E-state index contributed by atoms with van der Waals surface area (Å²) in [6, 6.07) is 66.2. The van der Waals surface area contributed by atoms with E-state index >= 15 is 0 Å². The summed E-state index contributed by atoms with van der Waals surface area (Å²) >= 11 is 0. The van der Waals surface area contributed by atoms with Crippen LogP contribution in [0.4, 0.5) is 0 Å². The summed E-state index contributed by atoms with van der Waals surface area (Å²) in [6.07, 6.45) is 0. The molecule has 0 spiro atoms. The molecule has 11 aromatic rings. The molecule has 2 heterocycles. The molecule has 236 valence electrons. The Morgan fingerprint density at radius 3 is 1.67 bits per heavy atom. The lowest BCUT2D eigenvalue weighted by Gasteiger charge is -2.15. The molecule has 0 bridgehead atoms. The molecule has 0 aliphatic rings. The third kappa shape index (κ3) is 4.27. The van der Waals surface area contributed by atoms with Crippen molar-refractivity contribution in [2.45, 2.75) is 0 Å². The zero-order valence-electron chi connectivity index (χ0n) is 27.7. The second kappa shape index (κ2) is 10.9. The Labute approximate surface area is 294 Å². The standard InChI is InChI=1S/C49H30N2/c1-3-14-34-27-36(23-21-31(34)11-1)38-29-44(37-24-22-32-12-2-4-15-35(32)28-37)50-46(30-38)51-45-20-10-9-19-43(45)48-47-39-16-6-5-13-33(39)25-26-41(47)40-17-7-8-18-42(40)49(48)51/h1-30H. The van der Waals surface area contributed by atoms with Gasteiger partial charge in [-0.25, -0.2) is 4.98 Å². The maximum absolute atomic E-state index is 5.55. The molecule has 0 aliphatic heterocycles. The first-order valence-corrected chi connectivity index (χ1v) is 17.5. The molecule has 11 rings (SSSR count). The molecule has 0 N–H and O–H groups in total. The fraction of sp³-hybridized carbons (Fsp3) is 0. The minimum Gasteiger partial charge on any atom is -0.293 e. The number of para-hydroxylation sites is 1. The molecule has 2 nitrogen and oxygen atoms in total. The van der Waals surface area contributed by atoms with Gasteiger partial charge in [0, 0.05) is 27.1 Å². The van der Waals surface area contributed by atoms with Crippen LogP contribution in [-0.4, -0.2) is 9.55 Å². The van der Waals surface area contributed by atoms with E-state index in [2.05, 4.69) is 187 Å². The van der Waals surface area contributed by atoms with E-state index in [4.69, 9.17) is 4.98 Å². The van der Waals surface area contributed by atoms with Gasteiger partial charge in [0.05, 0.1) is 16.7 Å². The lowest BCUT2D eigenvalue weighted by Crippen LogP contribution is -2.01. The largest absolute Gasteiger partial charge is 0.293 e. The quantitative estimate of drug-likeness (QED) is 0.175. The van der Waals surface area contributed by atoms with Gasteiger partial charge in [-0.05, 0) is 84.5 Å². The number of rotatable bonds is 3. The van der Waals surface area contributed by atoms with E-state index in [9.17, 15) is 0 Å². The Morgan fingerprint density at radius 2 is 0.902 bits per heavy atom. The first kappa shape index (κ1) is 28.1. The Morgan fingerprint density at radius 1 is 0.333 bits per heavy atom. The van der Waals surface area contributed by atoms with Gasteiger partial charge in [0.1, 0.15) is 5.82 Å². The third-order valence-corrected chi connectivity index (χ3v) is 10.7. The number of fused-ring (bicyclic) bond motifs is 12. The second-order valence-electron chi connectivity index (χ2n) is 13.6. The highest BCUT2D eigenvalue weighted by Gasteiger charge is 2.21. The number of hydrogen-bond donors (Lipinski definition) is 0. The molecular formula is C49H30N2. The first-order chi connectivity index (χ1) is 25.3. The van der Waals surface area contributed by atoms with Crippen LogP contribution < -0.4 is 0 Å². The molecule has 0 saturated heterocycles. The number of hydrogen-bond acceptors (Lipinski definition) is 1. The summed E-state index contributed by atoms with van der Waals surface area (Å²) in [5.41, 5.74) is 6.67. The van der Waals surface area contributed by atoms with Crippen molar-refractivity contribution < 1.29 is 0 Å². The minimum absolute atomic E-state index is 0.903. The van der Waals surface area contributed by atoms with Crippen molar-refractivity contribution in [1.82, 2.24) is 9.55 Å². The van der Waals surface area contributed by atoms with Gasteiger partial charge in [0.2, 0.25) is 0 Å². The molecule has 0 unspecified atom stereocenters. The van der Waals surface area contributed by atoms with Gasteiger partial charge in [-0.3, -0.25) is 4.57 Å². The van der Waals surface area contributed by atoms with Crippen molar-refractivity contribution >= 4 is 75.7 Å². The van der Waals surface area contributed by atoms with Crippen LogP contribution in [0.5, 0.6) is 0 Å². The van der Waals surface area contributed by atoms with Crippen LogP contribution in [0.15, 0.2) is 182 Å². The molecule has 9 aromatic carbocycles. The van der Waals surface area contributed by atoms with Crippen molar-refractivity contribution in [3.8, 4) is 28.2 Å². The topological polar surface area (TPSA) is 17.8 Å². The summed E-state index contributed by atoms with van der Waals surface area (Å²) < 4.78 is 2.42. The van der Waals surface area contributed by atoms with Crippen LogP contribution in [0.25, 0.3) is 104 Å². The van der Waals surface area contributed by atoms with Crippen LogP contribution in [0.3, 0.4) is 0 Å². The fourth-order valence-corrected chi connectivity index (χ4v) is 8.34. The van der Waals surface area contributed by atoms with Crippen LogP contribution in [0.2, 0.25) is 0 Å². The van der Waals surface area contributed by atoms with Crippen LogP contribution >= 0.6 is 0 Å². The van der Waals surface area contributed by atoms with Crippen molar-refractivity contribution in [2.24, 2.45) is 0 Å². The van der Waals surface area contributed by atoms with Crippen LogP contribution in [0.1, 0.15) is 0 Å². The van der Waals surface area contributed by atoms with E-state index in [0.717, 1.165) is 28.2 Å². The molecule has 51 heavy (non-hydrogen) atoms.